The Hall–Kier alpha value is -3.67. The highest BCUT2D eigenvalue weighted by molar-refractivity contribution is 7.92. The maximum Gasteiger partial charge on any atom is 0.411 e. The van der Waals surface area contributed by atoms with Crippen molar-refractivity contribution < 1.29 is 27.5 Å². The van der Waals surface area contributed by atoms with E-state index in [-0.39, 0.29) is 17.8 Å². The molecule has 11 nitrogen and oxygen atoms in total. The Morgan fingerprint density at radius 2 is 1.62 bits per heavy atom. The Balaban J connectivity index is 2.06. The summed E-state index contributed by atoms with van der Waals surface area (Å²) in [5.41, 5.74) is 4.21. The first-order valence-electron chi connectivity index (χ1n) is 13.9. The molecule has 1 fully saturated rings. The minimum atomic E-state index is -3.69. The summed E-state index contributed by atoms with van der Waals surface area (Å²) in [6.07, 6.45) is 1.29. The second kappa shape index (κ2) is 12.3. The number of anilines is 2. The van der Waals surface area contributed by atoms with Gasteiger partial charge in [-0.05, 0) is 63.6 Å². The third kappa shape index (κ3) is 8.21. The van der Waals surface area contributed by atoms with E-state index < -0.39 is 45.5 Å². The van der Waals surface area contributed by atoms with Gasteiger partial charge in [-0.15, -0.1) is 0 Å². The van der Waals surface area contributed by atoms with Crippen molar-refractivity contribution in [3.8, 4) is 0 Å². The summed E-state index contributed by atoms with van der Waals surface area (Å²) >= 11 is 0. The summed E-state index contributed by atoms with van der Waals surface area (Å²) in [6.45, 7) is 8.86. The lowest BCUT2D eigenvalue weighted by molar-refractivity contribution is -0.128. The number of benzene rings is 1. The summed E-state index contributed by atoms with van der Waals surface area (Å²) in [6, 6.07) is 12.0. The second-order valence-electron chi connectivity index (χ2n) is 12.4. The minimum Gasteiger partial charge on any atom is -0.444 e. The fraction of sp³-hybridized carbons (Fsp3) is 0.533. The van der Waals surface area contributed by atoms with Crippen LogP contribution in [-0.4, -0.2) is 80.7 Å². The molecule has 0 bridgehead atoms. The topological polar surface area (TPSA) is 143 Å². The van der Waals surface area contributed by atoms with Gasteiger partial charge in [0.15, 0.2) is 5.78 Å². The number of carbonyl (C=O) groups is 3. The summed E-state index contributed by atoms with van der Waals surface area (Å²) in [5.74, 6) is 0.173. The number of rotatable bonds is 12. The molecule has 2 aromatic rings. The van der Waals surface area contributed by atoms with Gasteiger partial charge in [-0.25, -0.2) is 18.2 Å². The molecule has 2 amide bonds. The van der Waals surface area contributed by atoms with Crippen molar-refractivity contribution >= 4 is 39.4 Å². The van der Waals surface area contributed by atoms with E-state index in [0.29, 0.717) is 24.2 Å². The lowest BCUT2D eigenvalue weighted by Crippen LogP contribution is -2.61. The van der Waals surface area contributed by atoms with Gasteiger partial charge in [0.2, 0.25) is 15.9 Å². The van der Waals surface area contributed by atoms with Crippen LogP contribution in [0.1, 0.15) is 57.0 Å². The molecule has 0 spiro atoms. The van der Waals surface area contributed by atoms with Gasteiger partial charge in [-0.1, -0.05) is 37.3 Å². The molecule has 1 aliphatic rings. The first kappa shape index (κ1) is 32.8. The molecular weight excluding hydrogens is 558 g/mol. The number of pyridine rings is 1. The zero-order valence-electron chi connectivity index (χ0n) is 25.7. The van der Waals surface area contributed by atoms with Gasteiger partial charge in [0.25, 0.3) is 0 Å². The molecule has 1 aromatic carbocycles. The molecule has 1 saturated carbocycles. The average Bonchev–Trinajstić information content (AvgIpc) is 3.58. The van der Waals surface area contributed by atoms with Crippen molar-refractivity contribution in [2.24, 2.45) is 17.6 Å². The van der Waals surface area contributed by atoms with Crippen LogP contribution >= 0.6 is 0 Å². The number of amides is 2. The van der Waals surface area contributed by atoms with Crippen LogP contribution in [0.3, 0.4) is 0 Å². The number of nitrogens with two attached hydrogens (primary N) is 1. The van der Waals surface area contributed by atoms with Gasteiger partial charge in [0, 0.05) is 32.6 Å². The van der Waals surface area contributed by atoms with Crippen molar-refractivity contribution in [3.63, 3.8) is 0 Å². The normalized spacial score (nSPS) is 18.0. The number of aromatic nitrogens is 1. The Bertz CT molecular complexity index is 1430. The maximum atomic E-state index is 13.9. The average molecular weight is 602 g/mol. The Kier molecular flexibility index (Phi) is 9.61. The molecule has 0 aliphatic heterocycles. The van der Waals surface area contributed by atoms with E-state index in [0.717, 1.165) is 27.4 Å². The number of hydrogen-bond acceptors (Lipinski definition) is 8. The third-order valence-corrected chi connectivity index (χ3v) is 8.73. The summed E-state index contributed by atoms with van der Waals surface area (Å²) in [4.78, 5) is 47.9. The molecule has 3 atom stereocenters. The number of ether oxygens (including phenoxy) is 1. The molecule has 2 unspecified atom stereocenters. The van der Waals surface area contributed by atoms with E-state index in [1.165, 1.54) is 20.0 Å². The highest BCUT2D eigenvalue weighted by Gasteiger charge is 2.44. The number of sulfonamides is 1. The smallest absolute Gasteiger partial charge is 0.411 e. The molecule has 0 radical (unpaired) electrons. The summed E-state index contributed by atoms with van der Waals surface area (Å²) in [5, 5.41) is 0. The zero-order chi connectivity index (χ0) is 31.6. The van der Waals surface area contributed by atoms with Crippen molar-refractivity contribution in [2.75, 3.05) is 42.6 Å². The zero-order valence-corrected chi connectivity index (χ0v) is 26.6. The highest BCUT2D eigenvalue weighted by atomic mass is 32.2. The van der Waals surface area contributed by atoms with Crippen LogP contribution in [0.2, 0.25) is 0 Å². The third-order valence-electron chi connectivity index (χ3n) is 7.55. The lowest BCUT2D eigenvalue weighted by atomic mass is 9.89. The Morgan fingerprint density at radius 3 is 2.12 bits per heavy atom. The largest absolute Gasteiger partial charge is 0.444 e. The Morgan fingerprint density at radius 1 is 1.05 bits per heavy atom. The van der Waals surface area contributed by atoms with Crippen LogP contribution < -0.4 is 14.9 Å². The number of nitrogens with zero attached hydrogens (tertiary/aromatic N) is 4. The van der Waals surface area contributed by atoms with E-state index >= 15 is 0 Å². The molecule has 3 rings (SSSR count). The lowest BCUT2D eigenvalue weighted by Gasteiger charge is -2.39. The van der Waals surface area contributed by atoms with E-state index in [9.17, 15) is 22.8 Å². The van der Waals surface area contributed by atoms with Gasteiger partial charge in [-0.2, -0.15) is 0 Å². The summed E-state index contributed by atoms with van der Waals surface area (Å²) in [7, 11) is -0.498. The minimum absolute atomic E-state index is 0.0433. The van der Waals surface area contributed by atoms with Gasteiger partial charge < -0.3 is 15.4 Å². The van der Waals surface area contributed by atoms with E-state index in [2.05, 4.69) is 11.9 Å². The monoisotopic (exact) mass is 601 g/mol. The molecule has 1 aliphatic carbocycles. The van der Waals surface area contributed by atoms with Crippen molar-refractivity contribution in [1.29, 1.82) is 0 Å². The van der Waals surface area contributed by atoms with Crippen molar-refractivity contribution in [1.82, 2.24) is 9.88 Å². The van der Waals surface area contributed by atoms with Crippen molar-refractivity contribution in [2.45, 2.75) is 58.6 Å². The number of carbonyl (C=O) groups excluding carboxylic acids is 3. The highest BCUT2D eigenvalue weighted by Crippen LogP contribution is 2.38. The van der Waals surface area contributed by atoms with Crippen LogP contribution in [0.4, 0.5) is 16.4 Å². The number of hydrogen-bond donors (Lipinski definition) is 1. The van der Waals surface area contributed by atoms with Crippen molar-refractivity contribution in [3.05, 3.63) is 53.6 Å². The van der Waals surface area contributed by atoms with Crippen LogP contribution in [0, 0.1) is 11.8 Å². The first-order chi connectivity index (χ1) is 19.3. The standard InChI is InChI=1S/C30H43N5O6S/c1-20-14-23(20)18-33(6)25-15-22(16-26(32-25)34(7)42(8,39)40)24(36)19-35(28(38)41-29(2,3)4)30(5,27(31)37)17-21-12-10-9-11-13-21/h9-13,15-16,20,23H,14,17-19H2,1-8H3,(H2,31,37)/t20?,23?,30-/m0/s1. The summed E-state index contributed by atoms with van der Waals surface area (Å²) < 4.78 is 31.4. The molecule has 230 valence electrons. The van der Waals surface area contributed by atoms with Crippen LogP contribution in [0.5, 0.6) is 0 Å². The van der Waals surface area contributed by atoms with Gasteiger partial charge in [-0.3, -0.25) is 18.8 Å². The number of primary amides is 1. The number of Topliss-reactive ketones (excluding diaryl/α,β-unsaturated/α-hetero) is 1. The van der Waals surface area contributed by atoms with Crippen LogP contribution in [0.15, 0.2) is 42.5 Å². The quantitative estimate of drug-likeness (QED) is 0.364. The number of ketones is 1. The van der Waals surface area contributed by atoms with Gasteiger partial charge in [0.1, 0.15) is 22.8 Å². The molecule has 1 aromatic heterocycles. The fourth-order valence-corrected chi connectivity index (χ4v) is 5.02. The fourth-order valence-electron chi connectivity index (χ4n) is 4.59. The molecule has 0 saturated heterocycles. The van der Waals surface area contributed by atoms with Gasteiger partial charge in [0.05, 0.1) is 12.8 Å². The molecule has 12 heteroatoms. The molecule has 2 N–H and O–H groups in total. The molecule has 42 heavy (non-hydrogen) atoms. The van der Waals surface area contributed by atoms with E-state index in [1.807, 2.05) is 18.0 Å². The predicted molar refractivity (Wildman–Crippen MR) is 163 cm³/mol. The maximum absolute atomic E-state index is 13.9. The Labute approximate surface area is 249 Å². The molecular formula is C30H43N5O6S. The molecule has 1 heterocycles. The van der Waals surface area contributed by atoms with Crippen LogP contribution in [0.25, 0.3) is 0 Å². The van der Waals surface area contributed by atoms with Crippen LogP contribution in [-0.2, 0) is 26.0 Å². The second-order valence-corrected chi connectivity index (χ2v) is 14.5. The van der Waals surface area contributed by atoms with E-state index in [4.69, 9.17) is 10.5 Å². The first-order valence-corrected chi connectivity index (χ1v) is 15.7. The van der Waals surface area contributed by atoms with E-state index in [1.54, 1.807) is 51.1 Å². The predicted octanol–water partition coefficient (Wildman–Crippen LogP) is 3.48. The SMILES string of the molecule is CC1CC1CN(C)c1cc(C(=O)CN(C(=O)OC(C)(C)C)[C@@](C)(Cc2ccccc2)C(N)=O)cc(N(C)S(C)(=O)=O)n1. The van der Waals surface area contributed by atoms with Gasteiger partial charge >= 0.3 is 6.09 Å².